The molecule has 3 heterocycles. The SMILES string of the molecule is C/C=C/Cn1cc(C(=O)NCCN2CCN(Cc3ccccc3)CC2)c2cc[nH]c2c1=O. The minimum absolute atomic E-state index is 0.118. The molecule has 0 aliphatic carbocycles. The number of allylic oxidation sites excluding steroid dienone is 2. The Bertz CT molecular complexity index is 1120. The van der Waals surface area contributed by atoms with Crippen LogP contribution < -0.4 is 10.9 Å². The normalized spacial score (nSPS) is 15.5. The highest BCUT2D eigenvalue weighted by molar-refractivity contribution is 6.05. The quantitative estimate of drug-likeness (QED) is 0.535. The first-order chi connectivity index (χ1) is 15.7. The van der Waals surface area contributed by atoms with Gasteiger partial charge in [0.2, 0.25) is 0 Å². The van der Waals surface area contributed by atoms with Crippen molar-refractivity contribution in [1.29, 1.82) is 0 Å². The molecule has 0 spiro atoms. The van der Waals surface area contributed by atoms with Crippen LogP contribution in [0.25, 0.3) is 10.9 Å². The van der Waals surface area contributed by atoms with Crippen LogP contribution in [0.1, 0.15) is 22.8 Å². The smallest absolute Gasteiger partial charge is 0.275 e. The molecule has 4 rings (SSSR count). The summed E-state index contributed by atoms with van der Waals surface area (Å²) in [5.74, 6) is -0.147. The van der Waals surface area contributed by atoms with Crippen LogP contribution in [-0.2, 0) is 13.1 Å². The summed E-state index contributed by atoms with van der Waals surface area (Å²) in [5, 5.41) is 3.71. The van der Waals surface area contributed by atoms with E-state index < -0.39 is 0 Å². The molecule has 1 aliphatic rings. The molecule has 7 heteroatoms. The zero-order valence-electron chi connectivity index (χ0n) is 18.6. The fraction of sp³-hybridized carbons (Fsp3) is 0.360. The number of carbonyl (C=O) groups is 1. The number of piperazine rings is 1. The zero-order chi connectivity index (χ0) is 22.3. The van der Waals surface area contributed by atoms with E-state index in [1.54, 1.807) is 23.0 Å². The predicted octanol–water partition coefficient (Wildman–Crippen LogP) is 2.45. The molecule has 1 amide bonds. The number of nitrogens with one attached hydrogen (secondary N) is 2. The van der Waals surface area contributed by atoms with E-state index in [2.05, 4.69) is 44.4 Å². The fourth-order valence-corrected chi connectivity index (χ4v) is 4.17. The lowest BCUT2D eigenvalue weighted by molar-refractivity contribution is 0.0935. The molecule has 0 radical (unpaired) electrons. The third-order valence-corrected chi connectivity index (χ3v) is 6.01. The molecule has 0 atom stereocenters. The number of amides is 1. The number of fused-ring (bicyclic) bond motifs is 1. The molecule has 1 saturated heterocycles. The summed E-state index contributed by atoms with van der Waals surface area (Å²) in [6.45, 7) is 8.80. The molecular formula is C25H31N5O2. The fourth-order valence-electron chi connectivity index (χ4n) is 4.17. The van der Waals surface area contributed by atoms with E-state index in [-0.39, 0.29) is 11.5 Å². The van der Waals surface area contributed by atoms with Gasteiger partial charge < -0.3 is 14.9 Å². The van der Waals surface area contributed by atoms with Crippen molar-refractivity contribution in [3.63, 3.8) is 0 Å². The van der Waals surface area contributed by atoms with Gasteiger partial charge in [-0.2, -0.15) is 0 Å². The first-order valence-corrected chi connectivity index (χ1v) is 11.2. The highest BCUT2D eigenvalue weighted by Crippen LogP contribution is 2.14. The standard InChI is InChI=1S/C25H31N5O2/c1-2-3-12-30-19-22(21-9-10-26-23(21)25(30)32)24(31)27-11-13-28-14-16-29(17-15-28)18-20-7-5-4-6-8-20/h2-10,19,26H,11-18H2,1H3,(H,27,31)/b3-2+. The molecule has 1 aliphatic heterocycles. The Hall–Kier alpha value is -3.16. The van der Waals surface area contributed by atoms with Crippen LogP contribution in [0, 0.1) is 0 Å². The van der Waals surface area contributed by atoms with E-state index in [9.17, 15) is 9.59 Å². The molecule has 0 bridgehead atoms. The van der Waals surface area contributed by atoms with Gasteiger partial charge in [-0.1, -0.05) is 42.5 Å². The molecule has 32 heavy (non-hydrogen) atoms. The lowest BCUT2D eigenvalue weighted by atomic mass is 10.1. The van der Waals surface area contributed by atoms with Crippen molar-refractivity contribution in [2.45, 2.75) is 20.0 Å². The van der Waals surface area contributed by atoms with Gasteiger partial charge >= 0.3 is 0 Å². The zero-order valence-corrected chi connectivity index (χ0v) is 18.6. The van der Waals surface area contributed by atoms with E-state index in [0.717, 1.165) is 39.3 Å². The first-order valence-electron chi connectivity index (χ1n) is 11.2. The van der Waals surface area contributed by atoms with Gasteiger partial charge in [0.1, 0.15) is 5.52 Å². The van der Waals surface area contributed by atoms with Gasteiger partial charge in [0.25, 0.3) is 11.5 Å². The van der Waals surface area contributed by atoms with Crippen molar-refractivity contribution in [3.05, 3.63) is 82.4 Å². The average molecular weight is 434 g/mol. The molecule has 7 nitrogen and oxygen atoms in total. The second kappa shape index (κ2) is 10.4. The van der Waals surface area contributed by atoms with E-state index >= 15 is 0 Å². The summed E-state index contributed by atoms with van der Waals surface area (Å²) in [5.41, 5.74) is 2.22. The molecular weight excluding hydrogens is 402 g/mol. The molecule has 2 aromatic heterocycles. The van der Waals surface area contributed by atoms with Crippen LogP contribution >= 0.6 is 0 Å². The first kappa shape index (κ1) is 22.0. The second-order valence-corrected chi connectivity index (χ2v) is 8.19. The Kier molecular flexibility index (Phi) is 7.19. The topological polar surface area (TPSA) is 73.4 Å². The lowest BCUT2D eigenvalue weighted by Gasteiger charge is -2.34. The number of hydrogen-bond acceptors (Lipinski definition) is 4. The van der Waals surface area contributed by atoms with Crippen molar-refractivity contribution in [1.82, 2.24) is 24.7 Å². The monoisotopic (exact) mass is 433 g/mol. The van der Waals surface area contributed by atoms with Gasteiger partial charge in [0, 0.05) is 70.1 Å². The van der Waals surface area contributed by atoms with Crippen LogP contribution in [0.3, 0.4) is 0 Å². The van der Waals surface area contributed by atoms with Gasteiger partial charge in [-0.25, -0.2) is 0 Å². The number of aromatic nitrogens is 2. The maximum atomic E-state index is 12.9. The maximum absolute atomic E-state index is 12.9. The Morgan fingerprint density at radius 3 is 2.59 bits per heavy atom. The Balaban J connectivity index is 1.30. The van der Waals surface area contributed by atoms with Crippen LogP contribution in [0.5, 0.6) is 0 Å². The number of aromatic amines is 1. The number of H-pyrrole nitrogens is 1. The third-order valence-electron chi connectivity index (χ3n) is 6.01. The predicted molar refractivity (Wildman–Crippen MR) is 128 cm³/mol. The molecule has 0 saturated carbocycles. The highest BCUT2D eigenvalue weighted by atomic mass is 16.2. The molecule has 3 aromatic rings. The summed E-state index contributed by atoms with van der Waals surface area (Å²) in [6.07, 6.45) is 7.16. The molecule has 2 N–H and O–H groups in total. The number of hydrogen-bond donors (Lipinski definition) is 2. The van der Waals surface area contributed by atoms with Crippen LogP contribution in [-0.4, -0.2) is 64.5 Å². The van der Waals surface area contributed by atoms with E-state index in [1.807, 2.05) is 25.1 Å². The number of pyridine rings is 1. The van der Waals surface area contributed by atoms with Crippen LogP contribution in [0.2, 0.25) is 0 Å². The number of rotatable bonds is 8. The van der Waals surface area contributed by atoms with Crippen molar-refractivity contribution < 1.29 is 4.79 Å². The number of nitrogens with zero attached hydrogens (tertiary/aromatic N) is 3. The molecule has 168 valence electrons. The maximum Gasteiger partial charge on any atom is 0.275 e. The summed E-state index contributed by atoms with van der Waals surface area (Å²) >= 11 is 0. The van der Waals surface area contributed by atoms with Gasteiger partial charge in [-0.05, 0) is 18.6 Å². The Morgan fingerprint density at radius 1 is 1.09 bits per heavy atom. The van der Waals surface area contributed by atoms with Crippen LogP contribution in [0.4, 0.5) is 0 Å². The van der Waals surface area contributed by atoms with E-state index in [1.165, 1.54) is 5.56 Å². The summed E-state index contributed by atoms with van der Waals surface area (Å²) in [6, 6.07) is 12.4. The molecule has 1 fully saturated rings. The van der Waals surface area contributed by atoms with Crippen molar-refractivity contribution in [2.24, 2.45) is 0 Å². The number of carbonyl (C=O) groups excluding carboxylic acids is 1. The summed E-state index contributed by atoms with van der Waals surface area (Å²) in [7, 11) is 0. The van der Waals surface area contributed by atoms with Gasteiger partial charge in [0.05, 0.1) is 5.56 Å². The lowest BCUT2D eigenvalue weighted by Crippen LogP contribution is -2.48. The van der Waals surface area contributed by atoms with Crippen LogP contribution in [0.15, 0.2) is 65.7 Å². The average Bonchev–Trinajstić information content (AvgIpc) is 3.31. The highest BCUT2D eigenvalue weighted by Gasteiger charge is 2.18. The van der Waals surface area contributed by atoms with Gasteiger partial charge in [-0.15, -0.1) is 0 Å². The molecule has 0 unspecified atom stereocenters. The number of benzene rings is 1. The van der Waals surface area contributed by atoms with Gasteiger partial charge in [0.15, 0.2) is 0 Å². The largest absolute Gasteiger partial charge is 0.357 e. The Morgan fingerprint density at radius 2 is 1.84 bits per heavy atom. The summed E-state index contributed by atoms with van der Waals surface area (Å²) in [4.78, 5) is 33.3. The van der Waals surface area contributed by atoms with Gasteiger partial charge in [-0.3, -0.25) is 19.4 Å². The van der Waals surface area contributed by atoms with E-state index in [0.29, 0.717) is 29.6 Å². The second-order valence-electron chi connectivity index (χ2n) is 8.19. The minimum Gasteiger partial charge on any atom is -0.357 e. The van der Waals surface area contributed by atoms with Crippen molar-refractivity contribution in [2.75, 3.05) is 39.3 Å². The van der Waals surface area contributed by atoms with E-state index in [4.69, 9.17) is 0 Å². The minimum atomic E-state index is -0.147. The molecule has 1 aromatic carbocycles. The Labute approximate surface area is 188 Å². The van der Waals surface area contributed by atoms with Crippen molar-refractivity contribution in [3.8, 4) is 0 Å². The van der Waals surface area contributed by atoms with Crippen molar-refractivity contribution >= 4 is 16.8 Å². The summed E-state index contributed by atoms with van der Waals surface area (Å²) < 4.78 is 1.57. The third kappa shape index (κ3) is 5.18.